The molecule has 1 aliphatic carbocycles. The first-order valence-corrected chi connectivity index (χ1v) is 9.25. The number of ether oxygens (including phenoxy) is 1. The average molecular weight is 298 g/mol. The zero-order chi connectivity index (χ0) is 13.6. The van der Waals surface area contributed by atoms with Crippen molar-refractivity contribution >= 4 is 11.6 Å². The lowest BCUT2D eigenvalue weighted by atomic mass is 9.83. The summed E-state index contributed by atoms with van der Waals surface area (Å²) in [5.74, 6) is 0. The van der Waals surface area contributed by atoms with E-state index in [9.17, 15) is 0 Å². The molecule has 3 aliphatic heterocycles. The molecule has 0 aromatic heterocycles. The number of hydrogen-bond acceptors (Lipinski definition) is 2. The Balaban J connectivity index is 1.36. The van der Waals surface area contributed by atoms with Crippen molar-refractivity contribution < 1.29 is 4.74 Å². The first-order chi connectivity index (χ1) is 9.74. The fraction of sp³-hybridized carbons (Fsp3) is 1.00. The van der Waals surface area contributed by atoms with Crippen molar-refractivity contribution in [1.29, 1.82) is 0 Å². The normalized spacial score (nSPS) is 44.2. The van der Waals surface area contributed by atoms with E-state index in [0.717, 1.165) is 12.1 Å². The third-order valence-corrected chi connectivity index (χ3v) is 6.70. The average Bonchev–Trinajstić information content (AvgIpc) is 2.92. The van der Waals surface area contributed by atoms with E-state index in [1.807, 2.05) is 0 Å². The van der Waals surface area contributed by atoms with Crippen LogP contribution in [0.15, 0.2) is 0 Å². The number of hydrogen-bond donors (Lipinski definition) is 0. The molecular weight excluding hydrogens is 270 g/mol. The first kappa shape index (κ1) is 13.8. The predicted molar refractivity (Wildman–Crippen MR) is 82.3 cm³/mol. The summed E-state index contributed by atoms with van der Waals surface area (Å²) in [5, 5.41) is 0.429. The van der Waals surface area contributed by atoms with E-state index in [4.69, 9.17) is 16.3 Å². The predicted octanol–water partition coefficient (Wildman–Crippen LogP) is 4.10. The van der Waals surface area contributed by atoms with Crippen molar-refractivity contribution in [3.63, 3.8) is 0 Å². The molecule has 2 nitrogen and oxygen atoms in total. The summed E-state index contributed by atoms with van der Waals surface area (Å²) < 4.78 is 6.57. The largest absolute Gasteiger partial charge is 0.370 e. The number of rotatable bonds is 2. The maximum absolute atomic E-state index is 6.57. The van der Waals surface area contributed by atoms with Gasteiger partial charge in [-0.2, -0.15) is 0 Å². The van der Waals surface area contributed by atoms with Crippen LogP contribution in [0, 0.1) is 0 Å². The number of fused-ring (bicyclic) bond motifs is 2. The topological polar surface area (TPSA) is 12.5 Å². The Morgan fingerprint density at radius 1 is 0.950 bits per heavy atom. The van der Waals surface area contributed by atoms with E-state index in [1.165, 1.54) is 77.2 Å². The van der Waals surface area contributed by atoms with Crippen LogP contribution < -0.4 is 0 Å². The smallest absolute Gasteiger partial charge is 0.0710 e. The van der Waals surface area contributed by atoms with Crippen LogP contribution in [0.1, 0.15) is 70.6 Å². The van der Waals surface area contributed by atoms with Gasteiger partial charge in [-0.05, 0) is 51.4 Å². The molecule has 0 N–H and O–H groups in total. The second-order valence-electron chi connectivity index (χ2n) is 7.67. The Hall–Kier alpha value is 0.210. The molecular formula is C17H28ClNO. The molecule has 0 radical (unpaired) electrons. The summed E-state index contributed by atoms with van der Waals surface area (Å²) >= 11 is 6.39. The Kier molecular flexibility index (Phi) is 3.77. The van der Waals surface area contributed by atoms with Gasteiger partial charge in [0.2, 0.25) is 0 Å². The molecule has 1 spiro atoms. The summed E-state index contributed by atoms with van der Waals surface area (Å²) in [6.45, 7) is 1.18. The maximum Gasteiger partial charge on any atom is 0.0710 e. The van der Waals surface area contributed by atoms with Crippen molar-refractivity contribution in [2.45, 2.75) is 99.8 Å². The van der Waals surface area contributed by atoms with Crippen molar-refractivity contribution in [1.82, 2.24) is 4.90 Å². The van der Waals surface area contributed by atoms with Crippen LogP contribution in [0.5, 0.6) is 0 Å². The van der Waals surface area contributed by atoms with Gasteiger partial charge in [-0.15, -0.1) is 11.6 Å². The van der Waals surface area contributed by atoms with Crippen LogP contribution in [-0.2, 0) is 4.74 Å². The van der Waals surface area contributed by atoms with Gasteiger partial charge < -0.3 is 4.74 Å². The molecule has 4 rings (SSSR count). The molecule has 3 atom stereocenters. The van der Waals surface area contributed by atoms with Crippen molar-refractivity contribution in [3.05, 3.63) is 0 Å². The summed E-state index contributed by atoms with van der Waals surface area (Å²) in [6, 6.07) is 1.51. The molecule has 3 unspecified atom stereocenters. The lowest BCUT2D eigenvalue weighted by Crippen LogP contribution is -2.47. The van der Waals surface area contributed by atoms with Gasteiger partial charge in [-0.1, -0.05) is 19.3 Å². The Morgan fingerprint density at radius 2 is 1.65 bits per heavy atom. The minimum absolute atomic E-state index is 0.284. The molecule has 0 aromatic rings. The van der Waals surface area contributed by atoms with Gasteiger partial charge in [-0.3, -0.25) is 4.90 Å². The van der Waals surface area contributed by atoms with Gasteiger partial charge in [0, 0.05) is 24.0 Å². The second-order valence-corrected chi connectivity index (χ2v) is 8.29. The third-order valence-electron chi connectivity index (χ3n) is 6.34. The molecule has 1 saturated carbocycles. The molecule has 3 heterocycles. The van der Waals surface area contributed by atoms with Crippen LogP contribution in [0.25, 0.3) is 0 Å². The zero-order valence-electron chi connectivity index (χ0n) is 12.5. The highest BCUT2D eigenvalue weighted by atomic mass is 35.5. The Labute approximate surface area is 128 Å². The summed E-state index contributed by atoms with van der Waals surface area (Å²) in [7, 11) is 0. The number of piperidine rings is 1. The zero-order valence-corrected chi connectivity index (χ0v) is 13.3. The van der Waals surface area contributed by atoms with Gasteiger partial charge >= 0.3 is 0 Å². The van der Waals surface area contributed by atoms with Crippen molar-refractivity contribution in [3.8, 4) is 0 Å². The fourth-order valence-corrected chi connectivity index (χ4v) is 5.74. The van der Waals surface area contributed by atoms with E-state index in [1.54, 1.807) is 0 Å². The second kappa shape index (κ2) is 5.44. The van der Waals surface area contributed by atoms with Crippen LogP contribution >= 0.6 is 11.6 Å². The van der Waals surface area contributed by atoms with E-state index < -0.39 is 0 Å². The molecule has 0 aromatic carbocycles. The molecule has 3 heteroatoms. The SMILES string of the molecule is ClC1CC2CCC(C1)N2CC1CCC2(CCCCC2)O1. The Bertz CT molecular complexity index is 341. The molecule has 114 valence electrons. The van der Waals surface area contributed by atoms with Crippen LogP contribution in [0.4, 0.5) is 0 Å². The van der Waals surface area contributed by atoms with Crippen molar-refractivity contribution in [2.24, 2.45) is 0 Å². The lowest BCUT2D eigenvalue weighted by molar-refractivity contribution is -0.0774. The van der Waals surface area contributed by atoms with Crippen molar-refractivity contribution in [2.75, 3.05) is 6.54 Å². The lowest BCUT2D eigenvalue weighted by Gasteiger charge is -2.39. The summed E-state index contributed by atoms with van der Waals surface area (Å²) in [6.07, 6.45) is 15.1. The Morgan fingerprint density at radius 3 is 2.35 bits per heavy atom. The molecule has 0 amide bonds. The van der Waals surface area contributed by atoms with E-state index in [-0.39, 0.29) is 5.60 Å². The van der Waals surface area contributed by atoms with Gasteiger partial charge in [0.25, 0.3) is 0 Å². The molecule has 20 heavy (non-hydrogen) atoms. The maximum atomic E-state index is 6.57. The minimum atomic E-state index is 0.284. The highest BCUT2D eigenvalue weighted by Crippen LogP contribution is 2.44. The minimum Gasteiger partial charge on any atom is -0.370 e. The standard InChI is InChI=1S/C17H28ClNO/c18-13-10-14-4-5-15(11-13)19(14)12-16-6-9-17(20-16)7-2-1-3-8-17/h13-16H,1-12H2. The van der Waals surface area contributed by atoms with Crippen LogP contribution in [0.2, 0.25) is 0 Å². The number of alkyl halides is 1. The number of halogens is 1. The highest BCUT2D eigenvalue weighted by Gasteiger charge is 2.45. The number of nitrogens with zero attached hydrogens (tertiary/aromatic N) is 1. The van der Waals surface area contributed by atoms with Gasteiger partial charge in [-0.25, -0.2) is 0 Å². The fourth-order valence-electron chi connectivity index (χ4n) is 5.33. The highest BCUT2D eigenvalue weighted by molar-refractivity contribution is 6.20. The van der Waals surface area contributed by atoms with Gasteiger partial charge in [0.05, 0.1) is 11.7 Å². The monoisotopic (exact) mass is 297 g/mol. The molecule has 4 fully saturated rings. The first-order valence-electron chi connectivity index (χ1n) is 8.82. The molecule has 2 bridgehead atoms. The molecule has 3 saturated heterocycles. The molecule has 4 aliphatic rings. The van der Waals surface area contributed by atoms with E-state index >= 15 is 0 Å². The van der Waals surface area contributed by atoms with E-state index in [2.05, 4.69) is 4.90 Å². The third kappa shape index (κ3) is 2.53. The van der Waals surface area contributed by atoms with Gasteiger partial charge in [0.15, 0.2) is 0 Å². The van der Waals surface area contributed by atoms with Crippen LogP contribution in [0.3, 0.4) is 0 Å². The summed E-state index contributed by atoms with van der Waals surface area (Å²) in [5.41, 5.74) is 0.284. The summed E-state index contributed by atoms with van der Waals surface area (Å²) in [4.78, 5) is 2.76. The van der Waals surface area contributed by atoms with Gasteiger partial charge in [0.1, 0.15) is 0 Å². The van der Waals surface area contributed by atoms with Crippen LogP contribution in [-0.4, -0.2) is 40.6 Å². The quantitative estimate of drug-likeness (QED) is 0.712. The van der Waals surface area contributed by atoms with E-state index in [0.29, 0.717) is 11.5 Å².